The van der Waals surface area contributed by atoms with Crippen LogP contribution in [0.1, 0.15) is 25.3 Å². The number of aryl methyl sites for hydroxylation is 1. The molecule has 2 aromatic heterocycles. The molecule has 0 aromatic carbocycles. The monoisotopic (exact) mass is 311 g/mol. The lowest BCUT2D eigenvalue weighted by Gasteiger charge is -2.09. The molecule has 0 aliphatic heterocycles. The van der Waals surface area contributed by atoms with Crippen LogP contribution in [0.3, 0.4) is 0 Å². The molecule has 2 aromatic rings. The summed E-state index contributed by atoms with van der Waals surface area (Å²) >= 11 is 7.79. The van der Waals surface area contributed by atoms with Crippen LogP contribution in [0.2, 0.25) is 5.02 Å². The van der Waals surface area contributed by atoms with Crippen molar-refractivity contribution in [1.82, 2.24) is 9.78 Å². The molecule has 2 heterocycles. The van der Waals surface area contributed by atoms with Crippen molar-refractivity contribution in [3.05, 3.63) is 44.0 Å². The van der Waals surface area contributed by atoms with E-state index in [-0.39, 0.29) is 10.6 Å². The Balaban J connectivity index is 1.98. The molecule has 0 unspecified atom stereocenters. The maximum absolute atomic E-state index is 12.0. The summed E-state index contributed by atoms with van der Waals surface area (Å²) in [6.45, 7) is 3.42. The normalized spacial score (nSPS) is 10.7. The Bertz CT molecular complexity index is 595. The minimum atomic E-state index is -0.222. The molecule has 4 nitrogen and oxygen atoms in total. The van der Waals surface area contributed by atoms with Crippen LogP contribution >= 0.6 is 22.9 Å². The SMILES string of the molecule is CCCCn1ncc(NCCc2ccsc2)c(Cl)c1=O. The summed E-state index contributed by atoms with van der Waals surface area (Å²) in [6, 6.07) is 2.09. The standard InChI is InChI=1S/C14H18ClN3OS/c1-2-3-7-18-14(19)13(15)12(9-17-18)16-6-4-11-5-8-20-10-11/h5,8-10,16H,2-4,6-7H2,1H3. The lowest BCUT2D eigenvalue weighted by molar-refractivity contribution is 0.543. The highest BCUT2D eigenvalue weighted by atomic mass is 35.5. The summed E-state index contributed by atoms with van der Waals surface area (Å²) in [5.41, 5.74) is 1.67. The molecule has 0 spiro atoms. The van der Waals surface area contributed by atoms with Gasteiger partial charge in [-0.2, -0.15) is 16.4 Å². The first-order valence-electron chi connectivity index (χ1n) is 6.73. The van der Waals surface area contributed by atoms with E-state index in [1.54, 1.807) is 17.5 Å². The second-order valence-corrected chi connectivity index (χ2v) is 5.72. The highest BCUT2D eigenvalue weighted by Gasteiger charge is 2.08. The third-order valence-corrected chi connectivity index (χ3v) is 4.11. The maximum Gasteiger partial charge on any atom is 0.287 e. The van der Waals surface area contributed by atoms with E-state index < -0.39 is 0 Å². The number of anilines is 1. The van der Waals surface area contributed by atoms with Gasteiger partial charge < -0.3 is 5.32 Å². The first kappa shape index (κ1) is 15.1. The fraction of sp³-hybridized carbons (Fsp3) is 0.429. The molecule has 0 fully saturated rings. The van der Waals surface area contributed by atoms with Crippen molar-refractivity contribution in [2.24, 2.45) is 0 Å². The summed E-state index contributed by atoms with van der Waals surface area (Å²) < 4.78 is 1.43. The number of rotatable bonds is 7. The third kappa shape index (κ3) is 3.84. The quantitative estimate of drug-likeness (QED) is 0.852. The molecule has 0 saturated carbocycles. The number of nitrogens with zero attached hydrogens (tertiary/aromatic N) is 2. The second kappa shape index (κ2) is 7.45. The van der Waals surface area contributed by atoms with Gasteiger partial charge in [-0.1, -0.05) is 24.9 Å². The number of nitrogens with one attached hydrogen (secondary N) is 1. The largest absolute Gasteiger partial charge is 0.382 e. The highest BCUT2D eigenvalue weighted by molar-refractivity contribution is 7.07. The van der Waals surface area contributed by atoms with Crippen molar-refractivity contribution < 1.29 is 0 Å². The molecule has 0 atom stereocenters. The number of unbranched alkanes of at least 4 members (excludes halogenated alkanes) is 1. The average molecular weight is 312 g/mol. The number of hydrogen-bond donors (Lipinski definition) is 1. The molecular formula is C14H18ClN3OS. The van der Waals surface area contributed by atoms with E-state index in [0.29, 0.717) is 12.2 Å². The zero-order valence-electron chi connectivity index (χ0n) is 11.4. The average Bonchev–Trinajstić information content (AvgIpc) is 2.96. The van der Waals surface area contributed by atoms with Gasteiger partial charge in [-0.15, -0.1) is 0 Å². The molecule has 108 valence electrons. The number of aromatic nitrogens is 2. The first-order valence-corrected chi connectivity index (χ1v) is 8.05. The molecule has 0 aliphatic carbocycles. The van der Waals surface area contributed by atoms with Gasteiger partial charge in [0.15, 0.2) is 0 Å². The molecule has 0 bridgehead atoms. The van der Waals surface area contributed by atoms with Crippen molar-refractivity contribution in [2.45, 2.75) is 32.7 Å². The van der Waals surface area contributed by atoms with E-state index in [9.17, 15) is 4.79 Å². The minimum absolute atomic E-state index is 0.222. The Labute approximate surface area is 127 Å². The highest BCUT2D eigenvalue weighted by Crippen LogP contribution is 2.15. The fourth-order valence-corrected chi connectivity index (χ4v) is 2.75. The maximum atomic E-state index is 12.0. The molecule has 20 heavy (non-hydrogen) atoms. The zero-order valence-corrected chi connectivity index (χ0v) is 13.0. The number of hydrogen-bond acceptors (Lipinski definition) is 4. The molecule has 1 N–H and O–H groups in total. The summed E-state index contributed by atoms with van der Waals surface area (Å²) in [6.07, 6.45) is 4.48. The van der Waals surface area contributed by atoms with E-state index >= 15 is 0 Å². The third-order valence-electron chi connectivity index (χ3n) is 3.02. The fourth-order valence-electron chi connectivity index (χ4n) is 1.83. The van der Waals surface area contributed by atoms with Crippen LogP contribution in [0.15, 0.2) is 27.8 Å². The molecule has 6 heteroatoms. The van der Waals surface area contributed by atoms with Crippen LogP contribution in [0.5, 0.6) is 0 Å². The van der Waals surface area contributed by atoms with Crippen LogP contribution in [0.25, 0.3) is 0 Å². The van der Waals surface area contributed by atoms with Gasteiger partial charge in [0.1, 0.15) is 5.02 Å². The van der Waals surface area contributed by atoms with Gasteiger partial charge in [0.25, 0.3) is 5.56 Å². The minimum Gasteiger partial charge on any atom is -0.382 e. The summed E-state index contributed by atoms with van der Waals surface area (Å²) in [5, 5.41) is 11.7. The Morgan fingerprint density at radius 1 is 1.50 bits per heavy atom. The Morgan fingerprint density at radius 2 is 2.35 bits per heavy atom. The Morgan fingerprint density at radius 3 is 3.05 bits per heavy atom. The predicted molar refractivity (Wildman–Crippen MR) is 84.9 cm³/mol. The molecular weight excluding hydrogens is 294 g/mol. The van der Waals surface area contributed by atoms with Crippen LogP contribution < -0.4 is 10.9 Å². The Kier molecular flexibility index (Phi) is 5.61. The smallest absolute Gasteiger partial charge is 0.287 e. The number of thiophene rings is 1. The van der Waals surface area contributed by atoms with E-state index in [2.05, 4.69) is 34.2 Å². The van der Waals surface area contributed by atoms with Gasteiger partial charge in [-0.25, -0.2) is 4.68 Å². The van der Waals surface area contributed by atoms with E-state index in [4.69, 9.17) is 11.6 Å². The molecule has 0 saturated heterocycles. The summed E-state index contributed by atoms with van der Waals surface area (Å²) in [4.78, 5) is 12.0. The summed E-state index contributed by atoms with van der Waals surface area (Å²) in [7, 11) is 0. The molecule has 2 rings (SSSR count). The lowest BCUT2D eigenvalue weighted by atomic mass is 10.2. The van der Waals surface area contributed by atoms with Crippen molar-refractivity contribution >= 4 is 28.6 Å². The Hall–Kier alpha value is -1.33. The van der Waals surface area contributed by atoms with Gasteiger partial charge >= 0.3 is 0 Å². The zero-order chi connectivity index (χ0) is 14.4. The predicted octanol–water partition coefficient (Wildman–Crippen LogP) is 3.41. The van der Waals surface area contributed by atoms with Crippen LogP contribution in [-0.4, -0.2) is 16.3 Å². The van der Waals surface area contributed by atoms with Gasteiger partial charge in [0.05, 0.1) is 11.9 Å². The van der Waals surface area contributed by atoms with Crippen molar-refractivity contribution in [2.75, 3.05) is 11.9 Å². The van der Waals surface area contributed by atoms with E-state index in [1.165, 1.54) is 10.2 Å². The van der Waals surface area contributed by atoms with Crippen LogP contribution in [0, 0.1) is 0 Å². The molecule has 0 radical (unpaired) electrons. The molecule has 0 amide bonds. The second-order valence-electron chi connectivity index (χ2n) is 4.56. The topological polar surface area (TPSA) is 46.9 Å². The van der Waals surface area contributed by atoms with Crippen LogP contribution in [-0.2, 0) is 13.0 Å². The van der Waals surface area contributed by atoms with E-state index in [0.717, 1.165) is 25.8 Å². The van der Waals surface area contributed by atoms with Crippen molar-refractivity contribution in [3.63, 3.8) is 0 Å². The van der Waals surface area contributed by atoms with Gasteiger partial charge in [-0.3, -0.25) is 4.79 Å². The van der Waals surface area contributed by atoms with Gasteiger partial charge in [-0.05, 0) is 35.2 Å². The van der Waals surface area contributed by atoms with Crippen LogP contribution in [0.4, 0.5) is 5.69 Å². The van der Waals surface area contributed by atoms with Crippen molar-refractivity contribution in [1.29, 1.82) is 0 Å². The summed E-state index contributed by atoms with van der Waals surface area (Å²) in [5.74, 6) is 0. The van der Waals surface area contributed by atoms with Gasteiger partial charge in [0, 0.05) is 13.1 Å². The first-order chi connectivity index (χ1) is 9.72. The van der Waals surface area contributed by atoms with E-state index in [1.807, 2.05) is 0 Å². The number of halogens is 1. The molecule has 0 aliphatic rings. The van der Waals surface area contributed by atoms with Crippen molar-refractivity contribution in [3.8, 4) is 0 Å². The van der Waals surface area contributed by atoms with Gasteiger partial charge in [0.2, 0.25) is 0 Å². The lowest BCUT2D eigenvalue weighted by Crippen LogP contribution is -2.24.